The van der Waals surface area contributed by atoms with Crippen molar-refractivity contribution in [3.63, 3.8) is 0 Å². The van der Waals surface area contributed by atoms with Gasteiger partial charge in [-0.15, -0.1) is 0 Å². The summed E-state index contributed by atoms with van der Waals surface area (Å²) in [6.07, 6.45) is 13.3. The fourth-order valence-corrected chi connectivity index (χ4v) is 3.30. The van der Waals surface area contributed by atoms with E-state index in [9.17, 15) is 4.79 Å². The first-order valence-corrected chi connectivity index (χ1v) is 7.06. The van der Waals surface area contributed by atoms with Gasteiger partial charge in [0, 0.05) is 5.92 Å². The summed E-state index contributed by atoms with van der Waals surface area (Å²) in [7, 11) is 0. The van der Waals surface area contributed by atoms with Crippen LogP contribution >= 0.6 is 0 Å². The zero-order valence-corrected chi connectivity index (χ0v) is 10.5. The Morgan fingerprint density at radius 1 is 1.25 bits per heavy atom. The van der Waals surface area contributed by atoms with Gasteiger partial charge in [-0.3, -0.25) is 4.79 Å². The number of hydrogen-bond acceptors (Lipinski definition) is 1. The van der Waals surface area contributed by atoms with E-state index in [1.165, 1.54) is 38.5 Å². The molecule has 1 atom stereocenters. The highest BCUT2D eigenvalue weighted by atomic mass is 16.1. The van der Waals surface area contributed by atoms with Gasteiger partial charge in [0.05, 0.1) is 0 Å². The second kappa shape index (κ2) is 5.65. The second-order valence-electron chi connectivity index (χ2n) is 5.43. The smallest absolute Gasteiger partial charge is 0.161 e. The lowest BCUT2D eigenvalue weighted by atomic mass is 9.88. The van der Waals surface area contributed by atoms with Gasteiger partial charge >= 0.3 is 0 Å². The second-order valence-corrected chi connectivity index (χ2v) is 5.43. The summed E-state index contributed by atoms with van der Waals surface area (Å²) in [4.78, 5) is 12.2. The van der Waals surface area contributed by atoms with Crippen molar-refractivity contribution in [2.24, 2.45) is 11.8 Å². The van der Waals surface area contributed by atoms with Crippen molar-refractivity contribution < 1.29 is 4.79 Å². The largest absolute Gasteiger partial charge is 0.294 e. The Kier molecular flexibility index (Phi) is 4.20. The molecule has 0 N–H and O–H groups in total. The first-order chi connectivity index (χ1) is 7.83. The van der Waals surface area contributed by atoms with Crippen molar-refractivity contribution in [2.45, 2.75) is 64.7 Å². The minimum atomic E-state index is 0.398. The SMILES string of the molecule is CCCCC=C1CCC(C2CCCC2)C1=O. The van der Waals surface area contributed by atoms with Crippen LogP contribution in [-0.2, 0) is 4.79 Å². The average molecular weight is 220 g/mol. The average Bonchev–Trinajstić information content (AvgIpc) is 2.89. The van der Waals surface area contributed by atoms with Crippen molar-refractivity contribution in [3.05, 3.63) is 11.6 Å². The number of ketones is 1. The lowest BCUT2D eigenvalue weighted by Gasteiger charge is -2.15. The molecule has 0 heterocycles. The molecule has 2 aliphatic rings. The van der Waals surface area contributed by atoms with E-state index >= 15 is 0 Å². The minimum Gasteiger partial charge on any atom is -0.294 e. The number of rotatable bonds is 4. The Hall–Kier alpha value is -0.590. The molecule has 0 aromatic rings. The van der Waals surface area contributed by atoms with Crippen LogP contribution in [0.4, 0.5) is 0 Å². The molecule has 0 aromatic carbocycles. The van der Waals surface area contributed by atoms with Crippen molar-refractivity contribution in [2.75, 3.05) is 0 Å². The third-order valence-electron chi connectivity index (χ3n) is 4.30. The molecule has 0 amide bonds. The van der Waals surface area contributed by atoms with Gasteiger partial charge in [0.15, 0.2) is 5.78 Å². The predicted molar refractivity (Wildman–Crippen MR) is 67.3 cm³/mol. The Morgan fingerprint density at radius 2 is 2.00 bits per heavy atom. The van der Waals surface area contributed by atoms with Crippen LogP contribution < -0.4 is 0 Å². The molecular formula is C15H24O. The molecule has 1 unspecified atom stereocenters. The molecule has 90 valence electrons. The number of Topliss-reactive ketones (excluding diaryl/α,β-unsaturated/α-hetero) is 1. The highest BCUT2D eigenvalue weighted by Gasteiger charge is 2.36. The molecule has 2 fully saturated rings. The van der Waals surface area contributed by atoms with Crippen molar-refractivity contribution >= 4 is 5.78 Å². The molecule has 1 heteroatoms. The maximum Gasteiger partial charge on any atom is 0.161 e. The zero-order valence-electron chi connectivity index (χ0n) is 10.5. The van der Waals surface area contributed by atoms with Crippen LogP contribution in [0.15, 0.2) is 11.6 Å². The third kappa shape index (κ3) is 2.56. The van der Waals surface area contributed by atoms with Crippen LogP contribution in [0.5, 0.6) is 0 Å². The fraction of sp³-hybridized carbons (Fsp3) is 0.800. The lowest BCUT2D eigenvalue weighted by molar-refractivity contribution is -0.119. The number of hydrogen-bond donors (Lipinski definition) is 0. The van der Waals surface area contributed by atoms with Gasteiger partial charge in [-0.2, -0.15) is 0 Å². The molecule has 2 aliphatic carbocycles. The van der Waals surface area contributed by atoms with E-state index in [2.05, 4.69) is 13.0 Å². The molecule has 1 nitrogen and oxygen atoms in total. The maximum absolute atomic E-state index is 12.2. The Morgan fingerprint density at radius 3 is 2.69 bits per heavy atom. The van der Waals surface area contributed by atoms with Gasteiger partial charge in [0.25, 0.3) is 0 Å². The summed E-state index contributed by atoms with van der Waals surface area (Å²) >= 11 is 0. The summed E-state index contributed by atoms with van der Waals surface area (Å²) in [6.45, 7) is 2.20. The van der Waals surface area contributed by atoms with E-state index in [1.54, 1.807) is 0 Å². The first-order valence-electron chi connectivity index (χ1n) is 7.06. The topological polar surface area (TPSA) is 17.1 Å². The van der Waals surface area contributed by atoms with Crippen LogP contribution in [0.3, 0.4) is 0 Å². The van der Waals surface area contributed by atoms with Crippen molar-refractivity contribution in [3.8, 4) is 0 Å². The Labute approximate surface area is 99.3 Å². The minimum absolute atomic E-state index is 0.398. The summed E-state index contributed by atoms with van der Waals surface area (Å²) < 4.78 is 0. The van der Waals surface area contributed by atoms with E-state index in [4.69, 9.17) is 0 Å². The van der Waals surface area contributed by atoms with E-state index in [1.807, 2.05) is 0 Å². The van der Waals surface area contributed by atoms with Gasteiger partial charge in [0.2, 0.25) is 0 Å². The zero-order chi connectivity index (χ0) is 11.4. The van der Waals surface area contributed by atoms with Gasteiger partial charge in [-0.1, -0.05) is 38.7 Å². The Bertz CT molecular complexity index is 271. The highest BCUT2D eigenvalue weighted by Crippen LogP contribution is 2.40. The standard InChI is InChI=1S/C15H24O/c1-2-3-4-9-13-10-11-14(15(13)16)12-7-5-6-8-12/h9,12,14H,2-8,10-11H2,1H3. The normalized spacial score (nSPS) is 29.4. The van der Waals surface area contributed by atoms with E-state index < -0.39 is 0 Å². The predicted octanol–water partition coefficient (Wildman–Crippen LogP) is 4.27. The molecule has 0 radical (unpaired) electrons. The summed E-state index contributed by atoms with van der Waals surface area (Å²) in [6, 6.07) is 0. The fourth-order valence-electron chi connectivity index (χ4n) is 3.30. The van der Waals surface area contributed by atoms with Gasteiger partial charge < -0.3 is 0 Å². The molecule has 16 heavy (non-hydrogen) atoms. The number of carbonyl (C=O) groups is 1. The molecule has 0 aliphatic heterocycles. The molecule has 0 bridgehead atoms. The molecule has 2 saturated carbocycles. The van der Waals surface area contributed by atoms with Gasteiger partial charge in [0.1, 0.15) is 0 Å². The third-order valence-corrected chi connectivity index (χ3v) is 4.30. The maximum atomic E-state index is 12.2. The molecular weight excluding hydrogens is 196 g/mol. The number of carbonyl (C=O) groups excluding carboxylic acids is 1. The number of unbranched alkanes of at least 4 members (excludes halogenated alkanes) is 2. The Balaban J connectivity index is 1.90. The van der Waals surface area contributed by atoms with Gasteiger partial charge in [-0.25, -0.2) is 0 Å². The van der Waals surface area contributed by atoms with Gasteiger partial charge in [-0.05, 0) is 43.6 Å². The molecule has 2 rings (SSSR count). The summed E-state index contributed by atoms with van der Waals surface area (Å²) in [5.74, 6) is 1.63. The van der Waals surface area contributed by atoms with E-state index in [0.717, 1.165) is 30.8 Å². The quantitative estimate of drug-likeness (QED) is 0.510. The van der Waals surface area contributed by atoms with Crippen LogP contribution in [0.1, 0.15) is 64.7 Å². The first kappa shape index (κ1) is 11.9. The van der Waals surface area contributed by atoms with Crippen LogP contribution in [0.25, 0.3) is 0 Å². The number of allylic oxidation sites excluding steroid dienone is 2. The van der Waals surface area contributed by atoms with E-state index in [-0.39, 0.29) is 0 Å². The molecule has 0 saturated heterocycles. The van der Waals surface area contributed by atoms with E-state index in [0.29, 0.717) is 11.7 Å². The summed E-state index contributed by atoms with van der Waals surface area (Å²) in [5, 5.41) is 0. The highest BCUT2D eigenvalue weighted by molar-refractivity contribution is 5.99. The van der Waals surface area contributed by atoms with Crippen molar-refractivity contribution in [1.82, 2.24) is 0 Å². The monoisotopic (exact) mass is 220 g/mol. The molecule has 0 spiro atoms. The van der Waals surface area contributed by atoms with Crippen molar-refractivity contribution in [1.29, 1.82) is 0 Å². The molecule has 0 aromatic heterocycles. The summed E-state index contributed by atoms with van der Waals surface area (Å²) in [5.41, 5.74) is 1.16. The van der Waals surface area contributed by atoms with Crippen LogP contribution in [0.2, 0.25) is 0 Å². The lowest BCUT2D eigenvalue weighted by Crippen LogP contribution is -2.16. The van der Waals surface area contributed by atoms with Crippen LogP contribution in [0, 0.1) is 11.8 Å². The van der Waals surface area contributed by atoms with Crippen LogP contribution in [-0.4, -0.2) is 5.78 Å².